The van der Waals surface area contributed by atoms with Crippen molar-refractivity contribution in [1.29, 1.82) is 0 Å². The van der Waals surface area contributed by atoms with Gasteiger partial charge in [-0.1, -0.05) is 66.2 Å². The molecule has 0 atom stereocenters. The van der Waals surface area contributed by atoms with Crippen molar-refractivity contribution in [3.63, 3.8) is 0 Å². The van der Waals surface area contributed by atoms with Gasteiger partial charge in [0.15, 0.2) is 6.20 Å². The number of pyridine rings is 1. The molecule has 2 aromatic heterocycles. The smallest absolute Gasteiger partial charge is 0.220 e. The molecular formula is C35H29N2+. The molecule has 2 heterocycles. The molecule has 0 aliphatic heterocycles. The Labute approximate surface area is 217 Å². The number of fused-ring (bicyclic) bond motifs is 6. The van der Waals surface area contributed by atoms with Gasteiger partial charge in [0.05, 0.1) is 27.7 Å². The van der Waals surface area contributed by atoms with Gasteiger partial charge in [-0.3, -0.25) is 0 Å². The second-order valence-electron chi connectivity index (χ2n) is 10.3. The van der Waals surface area contributed by atoms with E-state index in [0.29, 0.717) is 0 Å². The molecule has 7 aromatic rings. The minimum Gasteiger partial charge on any atom is -0.309 e. The number of rotatable bonds is 2. The SMILES string of the molecule is Cc1cc(C)c(C)c(-c2c3ccc4c(-n5c6ccccc6c6ccccc65)cccc4c3cc[n+]2C)c1. The molecule has 37 heavy (non-hydrogen) atoms. The lowest BCUT2D eigenvalue weighted by atomic mass is 9.93. The van der Waals surface area contributed by atoms with Crippen molar-refractivity contribution < 1.29 is 4.57 Å². The molecule has 0 spiro atoms. The third-order valence-corrected chi connectivity index (χ3v) is 8.04. The fraction of sp³-hybridized carbons (Fsp3) is 0.114. The molecule has 0 saturated heterocycles. The van der Waals surface area contributed by atoms with Crippen LogP contribution in [0.25, 0.3) is 60.3 Å². The number of para-hydroxylation sites is 2. The summed E-state index contributed by atoms with van der Waals surface area (Å²) in [5, 5.41) is 7.68. The lowest BCUT2D eigenvalue weighted by Crippen LogP contribution is -2.30. The first-order valence-electron chi connectivity index (χ1n) is 12.9. The van der Waals surface area contributed by atoms with E-state index < -0.39 is 0 Å². The highest BCUT2D eigenvalue weighted by Crippen LogP contribution is 2.38. The summed E-state index contributed by atoms with van der Waals surface area (Å²) in [4.78, 5) is 0. The zero-order chi connectivity index (χ0) is 25.3. The van der Waals surface area contributed by atoms with Crippen LogP contribution in [-0.2, 0) is 7.05 Å². The normalized spacial score (nSPS) is 11.8. The van der Waals surface area contributed by atoms with Gasteiger partial charge in [0.2, 0.25) is 5.69 Å². The second-order valence-corrected chi connectivity index (χ2v) is 10.3. The van der Waals surface area contributed by atoms with Crippen molar-refractivity contribution in [2.75, 3.05) is 0 Å². The largest absolute Gasteiger partial charge is 0.309 e. The lowest BCUT2D eigenvalue weighted by Gasteiger charge is -2.15. The van der Waals surface area contributed by atoms with Gasteiger partial charge >= 0.3 is 0 Å². The summed E-state index contributed by atoms with van der Waals surface area (Å²) in [5.74, 6) is 0. The quantitative estimate of drug-likeness (QED) is 0.174. The van der Waals surface area contributed by atoms with Crippen LogP contribution in [0.4, 0.5) is 0 Å². The van der Waals surface area contributed by atoms with Crippen LogP contribution in [-0.4, -0.2) is 4.57 Å². The van der Waals surface area contributed by atoms with Gasteiger partial charge < -0.3 is 4.57 Å². The molecule has 0 fully saturated rings. The Morgan fingerprint density at radius 3 is 1.92 bits per heavy atom. The van der Waals surface area contributed by atoms with Crippen molar-refractivity contribution >= 4 is 43.4 Å². The molecule has 0 unspecified atom stereocenters. The number of hydrogen-bond acceptors (Lipinski definition) is 0. The Balaban J connectivity index is 1.58. The van der Waals surface area contributed by atoms with Crippen molar-refractivity contribution in [1.82, 2.24) is 4.57 Å². The van der Waals surface area contributed by atoms with Crippen LogP contribution in [0.2, 0.25) is 0 Å². The van der Waals surface area contributed by atoms with Crippen LogP contribution in [0.1, 0.15) is 16.7 Å². The van der Waals surface area contributed by atoms with E-state index in [2.05, 4.69) is 140 Å². The van der Waals surface area contributed by atoms with E-state index in [-0.39, 0.29) is 0 Å². The number of aryl methyl sites for hydroxylation is 3. The fourth-order valence-corrected chi connectivity index (χ4v) is 6.20. The summed E-state index contributed by atoms with van der Waals surface area (Å²) >= 11 is 0. The second kappa shape index (κ2) is 8.04. The standard InChI is InChI=1S/C35H29N2/c1-22-20-23(2)24(3)31(21-22)35-30-17-16-29-25(26(30)18-19-36(35)4)12-9-15-34(29)37-32-13-7-5-10-27(32)28-11-6-8-14-33(28)37/h5-21H,1-4H3/q+1. The van der Waals surface area contributed by atoms with Crippen molar-refractivity contribution in [2.45, 2.75) is 20.8 Å². The van der Waals surface area contributed by atoms with Gasteiger partial charge in [0.25, 0.3) is 0 Å². The van der Waals surface area contributed by atoms with Gasteiger partial charge in [-0.25, -0.2) is 4.57 Å². The Kier molecular flexibility index (Phi) is 4.74. The van der Waals surface area contributed by atoms with Gasteiger partial charge in [-0.05, 0) is 67.6 Å². The summed E-state index contributed by atoms with van der Waals surface area (Å²) in [7, 11) is 2.16. The van der Waals surface area contributed by atoms with Crippen LogP contribution in [0.15, 0.2) is 103 Å². The van der Waals surface area contributed by atoms with Crippen LogP contribution < -0.4 is 4.57 Å². The van der Waals surface area contributed by atoms with E-state index in [0.717, 1.165) is 0 Å². The molecular weight excluding hydrogens is 448 g/mol. The number of benzene rings is 5. The first-order valence-corrected chi connectivity index (χ1v) is 12.9. The molecule has 2 nitrogen and oxygen atoms in total. The lowest BCUT2D eigenvalue weighted by molar-refractivity contribution is -0.659. The Morgan fingerprint density at radius 1 is 0.568 bits per heavy atom. The molecule has 0 aliphatic rings. The van der Waals surface area contributed by atoms with Gasteiger partial charge in [-0.2, -0.15) is 0 Å². The topological polar surface area (TPSA) is 8.81 Å². The highest BCUT2D eigenvalue weighted by molar-refractivity contribution is 6.15. The van der Waals surface area contributed by atoms with Crippen LogP contribution >= 0.6 is 0 Å². The highest BCUT2D eigenvalue weighted by Gasteiger charge is 2.21. The third-order valence-electron chi connectivity index (χ3n) is 8.04. The van der Waals surface area contributed by atoms with Crippen LogP contribution in [0.5, 0.6) is 0 Å². The molecule has 0 amide bonds. The van der Waals surface area contributed by atoms with Gasteiger partial charge in [0, 0.05) is 27.6 Å². The molecule has 178 valence electrons. The van der Waals surface area contributed by atoms with Gasteiger partial charge in [-0.15, -0.1) is 0 Å². The molecule has 0 aliphatic carbocycles. The maximum absolute atomic E-state index is 2.43. The van der Waals surface area contributed by atoms with Crippen molar-refractivity contribution in [2.24, 2.45) is 7.05 Å². The average Bonchev–Trinajstić information content (AvgIpc) is 3.24. The number of aromatic nitrogens is 2. The van der Waals surface area contributed by atoms with E-state index in [1.54, 1.807) is 0 Å². The fourth-order valence-electron chi connectivity index (χ4n) is 6.20. The molecule has 0 radical (unpaired) electrons. The summed E-state index contributed by atoms with van der Waals surface area (Å²) in [6.45, 7) is 6.64. The summed E-state index contributed by atoms with van der Waals surface area (Å²) < 4.78 is 4.70. The molecule has 7 rings (SSSR count). The summed E-state index contributed by atoms with van der Waals surface area (Å²) in [6, 6.07) is 35.7. The zero-order valence-corrected chi connectivity index (χ0v) is 21.7. The van der Waals surface area contributed by atoms with Crippen LogP contribution in [0.3, 0.4) is 0 Å². The minimum absolute atomic E-state index is 1.22. The minimum atomic E-state index is 1.22. The predicted octanol–water partition coefficient (Wildman–Crippen LogP) is 8.51. The third kappa shape index (κ3) is 3.15. The molecule has 0 bridgehead atoms. The Hall–Kier alpha value is -4.43. The molecule has 0 saturated carbocycles. The van der Waals surface area contributed by atoms with Crippen molar-refractivity contribution in [3.8, 4) is 16.9 Å². The Bertz CT molecular complexity index is 1970. The first-order chi connectivity index (χ1) is 18.0. The molecule has 0 N–H and O–H groups in total. The first kappa shape index (κ1) is 21.8. The zero-order valence-electron chi connectivity index (χ0n) is 21.7. The predicted molar refractivity (Wildman–Crippen MR) is 157 cm³/mol. The number of hydrogen-bond donors (Lipinski definition) is 0. The summed E-state index contributed by atoms with van der Waals surface area (Å²) in [5.41, 5.74) is 10.2. The highest BCUT2D eigenvalue weighted by atomic mass is 15.0. The Morgan fingerprint density at radius 2 is 1.19 bits per heavy atom. The van der Waals surface area contributed by atoms with E-state index in [1.807, 2.05) is 0 Å². The number of nitrogens with zero attached hydrogens (tertiary/aromatic N) is 2. The van der Waals surface area contributed by atoms with Crippen molar-refractivity contribution in [3.05, 3.63) is 120 Å². The maximum Gasteiger partial charge on any atom is 0.220 e. The van der Waals surface area contributed by atoms with E-state index in [9.17, 15) is 0 Å². The monoisotopic (exact) mass is 477 g/mol. The molecule has 5 aromatic carbocycles. The van der Waals surface area contributed by atoms with E-state index in [4.69, 9.17) is 0 Å². The average molecular weight is 478 g/mol. The van der Waals surface area contributed by atoms with Gasteiger partial charge in [0.1, 0.15) is 7.05 Å². The maximum atomic E-state index is 2.43. The molecule has 2 heteroatoms. The van der Waals surface area contributed by atoms with E-state index in [1.165, 1.54) is 77.0 Å². The summed E-state index contributed by atoms with van der Waals surface area (Å²) in [6.07, 6.45) is 2.21. The van der Waals surface area contributed by atoms with E-state index >= 15 is 0 Å². The van der Waals surface area contributed by atoms with Crippen LogP contribution in [0, 0.1) is 20.8 Å².